The van der Waals surface area contributed by atoms with Crippen molar-refractivity contribution in [3.8, 4) is 0 Å². The van der Waals surface area contributed by atoms with Gasteiger partial charge in [0.2, 0.25) is 5.60 Å². The predicted molar refractivity (Wildman–Crippen MR) is 110 cm³/mol. The lowest BCUT2D eigenvalue weighted by Gasteiger charge is -2.32. The highest BCUT2D eigenvalue weighted by Crippen LogP contribution is 2.60. The number of esters is 3. The first-order chi connectivity index (χ1) is 16.0. The molecule has 10 nitrogen and oxygen atoms in total. The Labute approximate surface area is 196 Å². The molecule has 4 saturated heterocycles. The van der Waals surface area contributed by atoms with Gasteiger partial charge in [0.1, 0.15) is 41.5 Å². The molecule has 0 saturated carbocycles. The Bertz CT molecular complexity index is 1090. The molecule has 1 aromatic rings. The second-order valence-corrected chi connectivity index (χ2v) is 10.6. The summed E-state index contributed by atoms with van der Waals surface area (Å²) >= 11 is 0. The molecule has 184 valence electrons. The lowest BCUT2D eigenvalue weighted by atomic mass is 9.79. The molecule has 6 rings (SSSR count). The minimum Gasteiger partial charge on any atom is -0.459 e. The Kier molecular flexibility index (Phi) is 4.43. The van der Waals surface area contributed by atoms with Crippen molar-refractivity contribution in [1.82, 2.24) is 0 Å². The maximum atomic E-state index is 13.1. The van der Waals surface area contributed by atoms with E-state index < -0.39 is 65.0 Å². The first-order valence-electron chi connectivity index (χ1n) is 11.6. The number of fused-ring (bicyclic) bond motifs is 4. The van der Waals surface area contributed by atoms with Crippen molar-refractivity contribution >= 4 is 17.9 Å². The highest BCUT2D eigenvalue weighted by Gasteiger charge is 2.79. The third-order valence-electron chi connectivity index (χ3n) is 7.88. The van der Waals surface area contributed by atoms with E-state index in [4.69, 9.17) is 32.8 Å². The van der Waals surface area contributed by atoms with E-state index in [1.165, 1.54) is 13.8 Å². The maximum Gasteiger partial charge on any atom is 0.345 e. The van der Waals surface area contributed by atoms with Crippen LogP contribution in [0.25, 0.3) is 0 Å². The average Bonchev–Trinajstić information content (AvgIpc) is 3.67. The molecule has 0 aliphatic carbocycles. The minimum absolute atomic E-state index is 0.152. The SMILES string of the molecule is CC(=O)O[C@H]1CC([C@@]2(C)CO2)[C@@H](OC(C)=O)c2oc(cc2C)[C@@H]2O[C@@]2(C)C[C@H]2OC(=O)[C@@]13O[C@H]23. The van der Waals surface area contributed by atoms with Gasteiger partial charge in [0, 0.05) is 26.2 Å². The van der Waals surface area contributed by atoms with Crippen molar-refractivity contribution in [3.63, 3.8) is 0 Å². The summed E-state index contributed by atoms with van der Waals surface area (Å²) in [5, 5.41) is 0. The number of rotatable bonds is 3. The van der Waals surface area contributed by atoms with E-state index in [2.05, 4.69) is 0 Å². The molecule has 4 fully saturated rings. The van der Waals surface area contributed by atoms with Gasteiger partial charge in [-0.2, -0.15) is 0 Å². The fourth-order valence-electron chi connectivity index (χ4n) is 5.86. The van der Waals surface area contributed by atoms with Gasteiger partial charge in [0.25, 0.3) is 0 Å². The van der Waals surface area contributed by atoms with Crippen LogP contribution in [-0.4, -0.2) is 59.6 Å². The molecule has 5 aliphatic rings. The van der Waals surface area contributed by atoms with Gasteiger partial charge in [-0.3, -0.25) is 9.59 Å². The summed E-state index contributed by atoms with van der Waals surface area (Å²) in [6.45, 7) is 8.75. The van der Waals surface area contributed by atoms with Crippen LogP contribution in [0.1, 0.15) is 69.8 Å². The molecular weight excluding hydrogens is 448 g/mol. The number of aryl methyl sites for hydroxylation is 1. The fourth-order valence-corrected chi connectivity index (χ4v) is 5.86. The van der Waals surface area contributed by atoms with Crippen molar-refractivity contribution in [2.75, 3.05) is 6.61 Å². The standard InChI is InChI=1S/C24H28O10/c1-10-6-14-19-22(4,33-19)8-15-20-24(34-20,21(27)32-15)16(29-11(2)25)7-13(23(5)9-28-23)18(17(10)31-14)30-12(3)26/h6,13,15-16,18-20H,7-9H2,1-5H3/t13?,15-,16+,18-,19+,20-,22+,23-,24-/m1/s1. The normalized spacial score (nSPS) is 46.0. The lowest BCUT2D eigenvalue weighted by Crippen LogP contribution is -2.44. The first-order valence-corrected chi connectivity index (χ1v) is 11.6. The van der Waals surface area contributed by atoms with E-state index in [-0.39, 0.29) is 12.5 Å². The third kappa shape index (κ3) is 3.15. The van der Waals surface area contributed by atoms with Gasteiger partial charge in [0.05, 0.1) is 12.2 Å². The van der Waals surface area contributed by atoms with E-state index in [1.807, 2.05) is 26.8 Å². The van der Waals surface area contributed by atoms with E-state index >= 15 is 0 Å². The number of hydrogen-bond donors (Lipinski definition) is 0. The zero-order valence-electron chi connectivity index (χ0n) is 19.7. The molecule has 0 spiro atoms. The summed E-state index contributed by atoms with van der Waals surface area (Å²) in [5.74, 6) is -0.966. The van der Waals surface area contributed by atoms with Crippen LogP contribution < -0.4 is 0 Å². The van der Waals surface area contributed by atoms with Crippen LogP contribution in [0.2, 0.25) is 0 Å². The second kappa shape index (κ2) is 6.83. The Hall–Kier alpha value is -2.43. The van der Waals surface area contributed by atoms with Gasteiger partial charge in [-0.1, -0.05) is 0 Å². The monoisotopic (exact) mass is 476 g/mol. The van der Waals surface area contributed by atoms with Gasteiger partial charge in [-0.05, 0) is 38.8 Å². The lowest BCUT2D eigenvalue weighted by molar-refractivity contribution is -0.169. The number of furan rings is 1. The second-order valence-electron chi connectivity index (χ2n) is 10.6. The summed E-state index contributed by atoms with van der Waals surface area (Å²) in [7, 11) is 0. The third-order valence-corrected chi connectivity index (χ3v) is 7.88. The van der Waals surface area contributed by atoms with Crippen LogP contribution in [0.4, 0.5) is 0 Å². The van der Waals surface area contributed by atoms with Crippen molar-refractivity contribution < 1.29 is 47.2 Å². The average molecular weight is 476 g/mol. The van der Waals surface area contributed by atoms with Crippen molar-refractivity contribution in [3.05, 3.63) is 23.2 Å². The Morgan fingerprint density at radius 3 is 2.41 bits per heavy atom. The predicted octanol–water partition coefficient (Wildman–Crippen LogP) is 2.22. The smallest absolute Gasteiger partial charge is 0.345 e. The van der Waals surface area contributed by atoms with Gasteiger partial charge in [-0.15, -0.1) is 0 Å². The van der Waals surface area contributed by atoms with Crippen molar-refractivity contribution in [1.29, 1.82) is 0 Å². The van der Waals surface area contributed by atoms with Crippen LogP contribution in [0.5, 0.6) is 0 Å². The molecule has 0 aromatic carbocycles. The van der Waals surface area contributed by atoms with Gasteiger partial charge < -0.3 is 32.8 Å². The van der Waals surface area contributed by atoms with Crippen LogP contribution in [0.15, 0.2) is 10.5 Å². The quantitative estimate of drug-likeness (QED) is 0.364. The number of ether oxygens (including phenoxy) is 6. The summed E-state index contributed by atoms with van der Waals surface area (Å²) in [4.78, 5) is 37.4. The molecular formula is C24H28O10. The zero-order chi connectivity index (χ0) is 24.2. The van der Waals surface area contributed by atoms with E-state index in [0.29, 0.717) is 24.5 Å². The Balaban J connectivity index is 1.48. The maximum absolute atomic E-state index is 13.1. The largest absolute Gasteiger partial charge is 0.459 e. The first kappa shape index (κ1) is 22.1. The molecule has 9 atom stereocenters. The van der Waals surface area contributed by atoms with Gasteiger partial charge in [-0.25, -0.2) is 4.79 Å². The fraction of sp³-hybridized carbons (Fsp3) is 0.708. The number of carbonyl (C=O) groups excluding carboxylic acids is 3. The highest BCUT2D eigenvalue weighted by molar-refractivity contribution is 5.88. The molecule has 5 aliphatic heterocycles. The van der Waals surface area contributed by atoms with E-state index in [0.717, 1.165) is 5.56 Å². The van der Waals surface area contributed by atoms with Gasteiger partial charge in [0.15, 0.2) is 6.10 Å². The van der Waals surface area contributed by atoms with Crippen molar-refractivity contribution in [2.45, 2.75) is 94.8 Å². The zero-order valence-corrected chi connectivity index (χ0v) is 19.7. The number of carbonyl (C=O) groups is 3. The molecule has 1 aromatic heterocycles. The molecule has 0 radical (unpaired) electrons. The topological polar surface area (TPSA) is 130 Å². The number of hydrogen-bond acceptors (Lipinski definition) is 10. The molecule has 6 heterocycles. The van der Waals surface area contributed by atoms with Crippen LogP contribution >= 0.6 is 0 Å². The summed E-state index contributed by atoms with van der Waals surface area (Å²) in [6.07, 6.45) is -2.64. The Morgan fingerprint density at radius 1 is 1.09 bits per heavy atom. The molecule has 0 N–H and O–H groups in total. The molecule has 4 bridgehead atoms. The molecule has 10 heteroatoms. The van der Waals surface area contributed by atoms with Crippen LogP contribution in [0, 0.1) is 12.8 Å². The molecule has 0 amide bonds. The van der Waals surface area contributed by atoms with E-state index in [9.17, 15) is 14.4 Å². The summed E-state index contributed by atoms with van der Waals surface area (Å²) < 4.78 is 41.2. The molecule has 1 unspecified atom stereocenters. The van der Waals surface area contributed by atoms with Crippen LogP contribution in [-0.2, 0) is 42.8 Å². The summed E-state index contributed by atoms with van der Waals surface area (Å²) in [6, 6.07) is 1.89. The van der Waals surface area contributed by atoms with E-state index in [1.54, 1.807) is 0 Å². The Morgan fingerprint density at radius 2 is 1.79 bits per heavy atom. The van der Waals surface area contributed by atoms with Crippen molar-refractivity contribution in [2.24, 2.45) is 5.92 Å². The summed E-state index contributed by atoms with van der Waals surface area (Å²) in [5.41, 5.74) is -1.87. The van der Waals surface area contributed by atoms with Crippen LogP contribution in [0.3, 0.4) is 0 Å². The molecule has 34 heavy (non-hydrogen) atoms. The van der Waals surface area contributed by atoms with Gasteiger partial charge >= 0.3 is 17.9 Å². The highest BCUT2D eigenvalue weighted by atomic mass is 16.7. The minimum atomic E-state index is -1.39. The number of epoxide rings is 3.